The summed E-state index contributed by atoms with van der Waals surface area (Å²) in [6.07, 6.45) is 1.68. The van der Waals surface area contributed by atoms with Crippen LogP contribution < -0.4 is 20.3 Å². The van der Waals surface area contributed by atoms with Crippen molar-refractivity contribution in [3.63, 3.8) is 0 Å². The second-order valence-electron chi connectivity index (χ2n) is 7.76. The van der Waals surface area contributed by atoms with Gasteiger partial charge in [0, 0.05) is 22.8 Å². The van der Waals surface area contributed by atoms with E-state index in [0.717, 1.165) is 11.1 Å². The first-order valence-electron chi connectivity index (χ1n) is 10.5. The quantitative estimate of drug-likeness (QED) is 0.483. The Kier molecular flexibility index (Phi) is 5.91. The van der Waals surface area contributed by atoms with Crippen LogP contribution in [0, 0.1) is 13.8 Å². The number of methoxy groups -OCH3 is 2. The molecule has 0 bridgehead atoms. The minimum absolute atomic E-state index is 0.220. The minimum atomic E-state index is -0.575. The van der Waals surface area contributed by atoms with Crippen LogP contribution in [-0.4, -0.2) is 34.5 Å². The van der Waals surface area contributed by atoms with E-state index in [0.29, 0.717) is 34.0 Å². The molecule has 4 aromatic rings. The van der Waals surface area contributed by atoms with Gasteiger partial charge in [0.25, 0.3) is 5.56 Å². The standard InChI is InChI=1S/C25H26N4O4/c1-15-20-14-26-29(18-9-7-6-8-10-18)25(31)23(20)16(2)28(15)17(3)24(30)27-21-12-11-19(32-4)13-22(21)33-5/h6-14,17H,1-5H3,(H,27,30)/t17-/m0/s1. The van der Waals surface area contributed by atoms with E-state index in [1.54, 1.807) is 38.4 Å². The van der Waals surface area contributed by atoms with Crippen LogP contribution in [0.3, 0.4) is 0 Å². The molecular weight excluding hydrogens is 420 g/mol. The second kappa shape index (κ2) is 8.82. The molecule has 0 spiro atoms. The maximum atomic E-state index is 13.3. The van der Waals surface area contributed by atoms with Crippen molar-refractivity contribution in [3.8, 4) is 17.2 Å². The number of aryl methyl sites for hydroxylation is 2. The molecule has 4 rings (SSSR count). The number of nitrogens with one attached hydrogen (secondary N) is 1. The molecule has 0 aliphatic heterocycles. The first kappa shape index (κ1) is 22.1. The maximum Gasteiger partial charge on any atom is 0.281 e. The molecule has 0 fully saturated rings. The van der Waals surface area contributed by atoms with E-state index in [-0.39, 0.29) is 11.5 Å². The molecule has 1 amide bonds. The summed E-state index contributed by atoms with van der Waals surface area (Å²) >= 11 is 0. The number of aromatic nitrogens is 3. The Balaban J connectivity index is 1.73. The van der Waals surface area contributed by atoms with Crippen LogP contribution in [0.15, 0.2) is 59.5 Å². The molecule has 33 heavy (non-hydrogen) atoms. The lowest BCUT2D eigenvalue weighted by Crippen LogP contribution is -2.25. The van der Waals surface area contributed by atoms with Gasteiger partial charge in [-0.2, -0.15) is 9.78 Å². The summed E-state index contributed by atoms with van der Waals surface area (Å²) in [7, 11) is 3.10. The van der Waals surface area contributed by atoms with E-state index in [9.17, 15) is 9.59 Å². The zero-order valence-electron chi connectivity index (χ0n) is 19.2. The number of benzene rings is 2. The molecule has 8 heteroatoms. The third-order valence-electron chi connectivity index (χ3n) is 5.89. The second-order valence-corrected chi connectivity index (χ2v) is 7.76. The Morgan fingerprint density at radius 3 is 2.42 bits per heavy atom. The monoisotopic (exact) mass is 446 g/mol. The Labute approximate surface area is 191 Å². The molecule has 0 saturated heterocycles. The van der Waals surface area contributed by atoms with Crippen molar-refractivity contribution < 1.29 is 14.3 Å². The normalized spacial score (nSPS) is 11.9. The van der Waals surface area contributed by atoms with Crippen LogP contribution in [0.2, 0.25) is 0 Å². The Morgan fingerprint density at radius 2 is 1.76 bits per heavy atom. The van der Waals surface area contributed by atoms with Gasteiger partial charge in [0.05, 0.1) is 37.2 Å². The number of hydrogen-bond acceptors (Lipinski definition) is 5. The van der Waals surface area contributed by atoms with E-state index < -0.39 is 6.04 Å². The molecule has 2 aromatic carbocycles. The summed E-state index contributed by atoms with van der Waals surface area (Å²) in [4.78, 5) is 26.5. The zero-order chi connectivity index (χ0) is 23.7. The number of para-hydroxylation sites is 1. The Bertz CT molecular complexity index is 1390. The van der Waals surface area contributed by atoms with Gasteiger partial charge in [0.1, 0.15) is 17.5 Å². The number of ether oxygens (including phenoxy) is 2. The van der Waals surface area contributed by atoms with Crippen molar-refractivity contribution in [1.29, 1.82) is 0 Å². The lowest BCUT2D eigenvalue weighted by molar-refractivity contribution is -0.118. The average Bonchev–Trinajstić information content (AvgIpc) is 3.09. The number of nitrogens with zero attached hydrogens (tertiary/aromatic N) is 3. The molecule has 0 aliphatic rings. The van der Waals surface area contributed by atoms with Gasteiger partial charge in [-0.05, 0) is 45.0 Å². The van der Waals surface area contributed by atoms with Crippen LogP contribution in [-0.2, 0) is 4.79 Å². The lowest BCUT2D eigenvalue weighted by Gasteiger charge is -2.19. The summed E-state index contributed by atoms with van der Waals surface area (Å²) in [5.41, 5.74) is 2.52. The Morgan fingerprint density at radius 1 is 1.03 bits per heavy atom. The molecule has 0 radical (unpaired) electrons. The zero-order valence-corrected chi connectivity index (χ0v) is 19.2. The molecular formula is C25H26N4O4. The van der Waals surface area contributed by atoms with Gasteiger partial charge in [-0.25, -0.2) is 0 Å². The maximum absolute atomic E-state index is 13.3. The molecule has 1 atom stereocenters. The number of fused-ring (bicyclic) bond motifs is 1. The van der Waals surface area contributed by atoms with Crippen molar-refractivity contribution >= 4 is 22.4 Å². The number of rotatable bonds is 6. The molecule has 0 unspecified atom stereocenters. The predicted molar refractivity (Wildman–Crippen MR) is 128 cm³/mol. The first-order chi connectivity index (χ1) is 15.9. The molecule has 1 N–H and O–H groups in total. The fraction of sp³-hybridized carbons (Fsp3) is 0.240. The van der Waals surface area contributed by atoms with Crippen LogP contribution in [0.4, 0.5) is 5.69 Å². The van der Waals surface area contributed by atoms with Gasteiger partial charge < -0.3 is 19.4 Å². The summed E-state index contributed by atoms with van der Waals surface area (Å²) in [5.74, 6) is 0.890. The van der Waals surface area contributed by atoms with E-state index in [1.165, 1.54) is 11.8 Å². The van der Waals surface area contributed by atoms with Crippen molar-refractivity contribution in [3.05, 3.63) is 76.5 Å². The van der Waals surface area contributed by atoms with Crippen molar-refractivity contribution in [2.45, 2.75) is 26.8 Å². The van der Waals surface area contributed by atoms with E-state index in [1.807, 2.05) is 48.7 Å². The van der Waals surface area contributed by atoms with Gasteiger partial charge in [0.15, 0.2) is 0 Å². The number of carbonyl (C=O) groups is 1. The molecule has 2 heterocycles. The predicted octanol–water partition coefficient (Wildman–Crippen LogP) is 4.02. The van der Waals surface area contributed by atoms with Gasteiger partial charge in [-0.15, -0.1) is 0 Å². The van der Waals surface area contributed by atoms with Gasteiger partial charge in [0.2, 0.25) is 5.91 Å². The highest BCUT2D eigenvalue weighted by atomic mass is 16.5. The van der Waals surface area contributed by atoms with Crippen LogP contribution in [0.1, 0.15) is 24.4 Å². The van der Waals surface area contributed by atoms with Gasteiger partial charge >= 0.3 is 0 Å². The number of anilines is 1. The summed E-state index contributed by atoms with van der Waals surface area (Å²) < 4.78 is 13.9. The first-order valence-corrected chi connectivity index (χ1v) is 10.5. The van der Waals surface area contributed by atoms with E-state index >= 15 is 0 Å². The van der Waals surface area contributed by atoms with Crippen LogP contribution in [0.25, 0.3) is 16.5 Å². The van der Waals surface area contributed by atoms with Crippen LogP contribution in [0.5, 0.6) is 11.5 Å². The fourth-order valence-electron chi connectivity index (χ4n) is 4.17. The van der Waals surface area contributed by atoms with E-state index in [2.05, 4.69) is 10.4 Å². The average molecular weight is 447 g/mol. The Hall–Kier alpha value is -4.07. The van der Waals surface area contributed by atoms with Crippen molar-refractivity contribution in [2.24, 2.45) is 0 Å². The topological polar surface area (TPSA) is 87.4 Å². The summed E-state index contributed by atoms with van der Waals surface area (Å²) in [5, 5.41) is 8.56. The lowest BCUT2D eigenvalue weighted by atomic mass is 10.2. The number of carbonyl (C=O) groups excluding carboxylic acids is 1. The highest BCUT2D eigenvalue weighted by Gasteiger charge is 2.24. The van der Waals surface area contributed by atoms with E-state index in [4.69, 9.17) is 9.47 Å². The molecule has 8 nitrogen and oxygen atoms in total. The van der Waals surface area contributed by atoms with Crippen LogP contribution >= 0.6 is 0 Å². The number of hydrogen-bond donors (Lipinski definition) is 1. The smallest absolute Gasteiger partial charge is 0.281 e. The largest absolute Gasteiger partial charge is 0.497 e. The van der Waals surface area contributed by atoms with Gasteiger partial charge in [-0.1, -0.05) is 18.2 Å². The summed E-state index contributed by atoms with van der Waals surface area (Å²) in [6, 6.07) is 13.9. The molecule has 170 valence electrons. The molecule has 0 saturated carbocycles. The van der Waals surface area contributed by atoms with Crippen molar-refractivity contribution in [1.82, 2.24) is 14.3 Å². The summed E-state index contributed by atoms with van der Waals surface area (Å²) in [6.45, 7) is 5.54. The minimum Gasteiger partial charge on any atom is -0.497 e. The molecule has 2 aromatic heterocycles. The molecule has 0 aliphatic carbocycles. The fourth-order valence-corrected chi connectivity index (χ4v) is 4.17. The van der Waals surface area contributed by atoms with Crippen molar-refractivity contribution in [2.75, 3.05) is 19.5 Å². The van der Waals surface area contributed by atoms with Gasteiger partial charge in [-0.3, -0.25) is 9.59 Å². The number of amides is 1. The highest BCUT2D eigenvalue weighted by molar-refractivity contribution is 5.96. The highest BCUT2D eigenvalue weighted by Crippen LogP contribution is 2.31. The third kappa shape index (κ3) is 3.84. The third-order valence-corrected chi connectivity index (χ3v) is 5.89. The SMILES string of the molecule is COc1ccc(NC(=O)[C@H](C)n2c(C)c3cnn(-c4ccccc4)c(=O)c3c2C)c(OC)c1.